The van der Waals surface area contributed by atoms with E-state index in [2.05, 4.69) is 15.6 Å². The molecule has 0 radical (unpaired) electrons. The highest BCUT2D eigenvalue weighted by Crippen LogP contribution is 2.23. The summed E-state index contributed by atoms with van der Waals surface area (Å²) < 4.78 is 15.4. The summed E-state index contributed by atoms with van der Waals surface area (Å²) in [6, 6.07) is 20.2. The number of para-hydroxylation sites is 1. The predicted octanol–water partition coefficient (Wildman–Crippen LogP) is 4.98. The molecule has 138 valence electrons. The second-order valence-corrected chi connectivity index (χ2v) is 6.46. The van der Waals surface area contributed by atoms with Crippen LogP contribution in [-0.4, -0.2) is 20.9 Å². The van der Waals surface area contributed by atoms with Crippen LogP contribution in [0.3, 0.4) is 0 Å². The Kier molecular flexibility index (Phi) is 4.87. The standard InChI is InChI=1S/C21H14ClFN4O/c22-16-9-5-14(6-10-16)20-13-24-26-27(20)17-11-7-15(8-12-17)21(28)25-19-4-2-1-3-18(19)23/h1-13H,(H,25,28). The van der Waals surface area contributed by atoms with E-state index in [1.165, 1.54) is 12.1 Å². The fourth-order valence-corrected chi connectivity index (χ4v) is 2.88. The number of carbonyl (C=O) groups is 1. The number of anilines is 1. The van der Waals surface area contributed by atoms with Crippen LogP contribution in [0, 0.1) is 5.82 Å². The van der Waals surface area contributed by atoms with Crippen LogP contribution in [0.25, 0.3) is 16.9 Å². The van der Waals surface area contributed by atoms with Crippen molar-refractivity contribution in [1.29, 1.82) is 0 Å². The molecule has 0 bridgehead atoms. The van der Waals surface area contributed by atoms with Gasteiger partial charge in [-0.25, -0.2) is 9.07 Å². The molecule has 0 saturated heterocycles. The van der Waals surface area contributed by atoms with Gasteiger partial charge in [0.05, 0.1) is 23.3 Å². The Hall–Kier alpha value is -3.51. The van der Waals surface area contributed by atoms with E-state index in [0.717, 1.165) is 16.9 Å². The lowest BCUT2D eigenvalue weighted by Gasteiger charge is -2.09. The SMILES string of the molecule is O=C(Nc1ccccc1F)c1ccc(-n2nncc2-c2ccc(Cl)cc2)cc1. The lowest BCUT2D eigenvalue weighted by Crippen LogP contribution is -2.13. The van der Waals surface area contributed by atoms with Crippen LogP contribution in [0.1, 0.15) is 10.4 Å². The van der Waals surface area contributed by atoms with Crippen molar-refractivity contribution in [1.82, 2.24) is 15.0 Å². The van der Waals surface area contributed by atoms with Crippen molar-refractivity contribution < 1.29 is 9.18 Å². The molecule has 4 rings (SSSR count). The van der Waals surface area contributed by atoms with Gasteiger partial charge in [0.15, 0.2) is 0 Å². The zero-order chi connectivity index (χ0) is 19.5. The van der Waals surface area contributed by atoms with Gasteiger partial charge >= 0.3 is 0 Å². The Morgan fingerprint density at radius 3 is 2.39 bits per heavy atom. The number of halogens is 2. The number of nitrogens with zero attached hydrogens (tertiary/aromatic N) is 3. The molecular weight excluding hydrogens is 379 g/mol. The van der Waals surface area contributed by atoms with Crippen LogP contribution in [0.2, 0.25) is 5.02 Å². The van der Waals surface area contributed by atoms with Gasteiger partial charge in [-0.2, -0.15) is 0 Å². The topological polar surface area (TPSA) is 59.8 Å². The molecule has 1 aromatic heterocycles. The van der Waals surface area contributed by atoms with Crippen molar-refractivity contribution in [2.24, 2.45) is 0 Å². The van der Waals surface area contributed by atoms with Crippen molar-refractivity contribution in [2.45, 2.75) is 0 Å². The van der Waals surface area contributed by atoms with Gasteiger partial charge in [-0.15, -0.1) is 5.10 Å². The second-order valence-electron chi connectivity index (χ2n) is 6.02. The first-order valence-corrected chi connectivity index (χ1v) is 8.82. The van der Waals surface area contributed by atoms with Gasteiger partial charge in [0.2, 0.25) is 0 Å². The fraction of sp³-hybridized carbons (Fsp3) is 0. The molecule has 0 atom stereocenters. The molecule has 0 spiro atoms. The van der Waals surface area contributed by atoms with Gasteiger partial charge in [-0.1, -0.05) is 41.1 Å². The molecule has 0 aliphatic carbocycles. The Bertz CT molecular complexity index is 1120. The van der Waals surface area contributed by atoms with Crippen molar-refractivity contribution in [3.8, 4) is 16.9 Å². The summed E-state index contributed by atoms with van der Waals surface area (Å²) in [5.74, 6) is -0.879. The van der Waals surface area contributed by atoms with Crippen molar-refractivity contribution in [3.05, 3.63) is 95.4 Å². The minimum atomic E-state index is -0.484. The number of hydrogen-bond acceptors (Lipinski definition) is 3. The number of nitrogens with one attached hydrogen (secondary N) is 1. The number of rotatable bonds is 4. The van der Waals surface area contributed by atoms with Crippen LogP contribution >= 0.6 is 11.6 Å². The lowest BCUT2D eigenvalue weighted by atomic mass is 10.1. The third-order valence-corrected chi connectivity index (χ3v) is 4.44. The quantitative estimate of drug-likeness (QED) is 0.533. The average Bonchev–Trinajstić information content (AvgIpc) is 3.20. The minimum absolute atomic E-state index is 0.137. The lowest BCUT2D eigenvalue weighted by molar-refractivity contribution is 0.102. The van der Waals surface area contributed by atoms with E-state index in [4.69, 9.17) is 11.6 Å². The van der Waals surface area contributed by atoms with Gasteiger partial charge in [0.1, 0.15) is 5.82 Å². The number of benzene rings is 3. The van der Waals surface area contributed by atoms with E-state index in [9.17, 15) is 9.18 Å². The Labute approximate surface area is 165 Å². The summed E-state index contributed by atoms with van der Waals surface area (Å²) in [5, 5.41) is 11.3. The van der Waals surface area contributed by atoms with E-state index in [-0.39, 0.29) is 5.69 Å². The number of aromatic nitrogens is 3. The zero-order valence-corrected chi connectivity index (χ0v) is 15.3. The number of carbonyl (C=O) groups excluding carboxylic acids is 1. The van der Waals surface area contributed by atoms with E-state index in [1.54, 1.807) is 59.4 Å². The van der Waals surface area contributed by atoms with Gasteiger partial charge in [0, 0.05) is 16.1 Å². The third kappa shape index (κ3) is 3.63. The maximum Gasteiger partial charge on any atom is 0.255 e. The Balaban J connectivity index is 1.58. The molecule has 4 aromatic rings. The van der Waals surface area contributed by atoms with Crippen LogP contribution in [-0.2, 0) is 0 Å². The molecule has 1 N–H and O–H groups in total. The third-order valence-electron chi connectivity index (χ3n) is 4.19. The van der Waals surface area contributed by atoms with Gasteiger partial charge in [-0.05, 0) is 48.5 Å². The van der Waals surface area contributed by atoms with Crippen molar-refractivity contribution >= 4 is 23.2 Å². The van der Waals surface area contributed by atoms with Gasteiger partial charge in [-0.3, -0.25) is 4.79 Å². The maximum absolute atomic E-state index is 13.7. The summed E-state index contributed by atoms with van der Waals surface area (Å²) in [7, 11) is 0. The number of amides is 1. The fourth-order valence-electron chi connectivity index (χ4n) is 2.75. The molecule has 0 aliphatic heterocycles. The first kappa shape index (κ1) is 17.9. The second kappa shape index (κ2) is 7.62. The molecule has 1 heterocycles. The van der Waals surface area contributed by atoms with Gasteiger partial charge in [0.25, 0.3) is 5.91 Å². The molecule has 7 heteroatoms. The largest absolute Gasteiger partial charge is 0.319 e. The summed E-state index contributed by atoms with van der Waals surface area (Å²) in [6.07, 6.45) is 1.65. The molecule has 1 amide bonds. The maximum atomic E-state index is 13.7. The highest BCUT2D eigenvalue weighted by Gasteiger charge is 2.12. The van der Waals surface area contributed by atoms with E-state index in [1.807, 2.05) is 12.1 Å². The molecular formula is C21H14ClFN4O. The normalized spacial score (nSPS) is 10.6. The predicted molar refractivity (Wildman–Crippen MR) is 106 cm³/mol. The molecule has 3 aromatic carbocycles. The van der Waals surface area contributed by atoms with Crippen LogP contribution in [0.4, 0.5) is 10.1 Å². The van der Waals surface area contributed by atoms with Crippen LogP contribution in [0.5, 0.6) is 0 Å². The summed E-state index contributed by atoms with van der Waals surface area (Å²) in [5.41, 5.74) is 2.99. The highest BCUT2D eigenvalue weighted by molar-refractivity contribution is 6.30. The average molecular weight is 393 g/mol. The van der Waals surface area contributed by atoms with E-state index >= 15 is 0 Å². The molecule has 0 saturated carbocycles. The molecule has 0 unspecified atom stereocenters. The van der Waals surface area contributed by atoms with Crippen LogP contribution in [0.15, 0.2) is 79.0 Å². The molecule has 5 nitrogen and oxygen atoms in total. The van der Waals surface area contributed by atoms with E-state index < -0.39 is 11.7 Å². The first-order valence-electron chi connectivity index (χ1n) is 8.45. The van der Waals surface area contributed by atoms with E-state index in [0.29, 0.717) is 10.6 Å². The minimum Gasteiger partial charge on any atom is -0.319 e. The van der Waals surface area contributed by atoms with Crippen molar-refractivity contribution in [2.75, 3.05) is 5.32 Å². The van der Waals surface area contributed by atoms with Crippen LogP contribution < -0.4 is 5.32 Å². The monoisotopic (exact) mass is 392 g/mol. The molecule has 28 heavy (non-hydrogen) atoms. The molecule has 0 fully saturated rings. The first-order chi connectivity index (χ1) is 13.6. The number of hydrogen-bond donors (Lipinski definition) is 1. The highest BCUT2D eigenvalue weighted by atomic mass is 35.5. The smallest absolute Gasteiger partial charge is 0.255 e. The molecule has 0 aliphatic rings. The Morgan fingerprint density at radius 1 is 0.964 bits per heavy atom. The Morgan fingerprint density at radius 2 is 1.68 bits per heavy atom. The van der Waals surface area contributed by atoms with Gasteiger partial charge < -0.3 is 5.32 Å². The zero-order valence-electron chi connectivity index (χ0n) is 14.5. The van der Waals surface area contributed by atoms with Crippen molar-refractivity contribution in [3.63, 3.8) is 0 Å². The summed E-state index contributed by atoms with van der Waals surface area (Å²) >= 11 is 5.95. The summed E-state index contributed by atoms with van der Waals surface area (Å²) in [6.45, 7) is 0. The summed E-state index contributed by atoms with van der Waals surface area (Å²) in [4.78, 5) is 12.4.